The number of aryl methyl sites for hydroxylation is 1. The Labute approximate surface area is 102 Å². The molecule has 0 amide bonds. The van der Waals surface area contributed by atoms with E-state index in [1.807, 2.05) is 0 Å². The summed E-state index contributed by atoms with van der Waals surface area (Å²) < 4.78 is 42.3. The second kappa shape index (κ2) is 5.75. The number of hydrogen-bond donors (Lipinski definition) is 1. The van der Waals surface area contributed by atoms with Crippen LogP contribution in [-0.2, 0) is 17.4 Å². The van der Waals surface area contributed by atoms with Crippen LogP contribution in [0.25, 0.3) is 0 Å². The van der Waals surface area contributed by atoms with Gasteiger partial charge in [0.05, 0.1) is 12.7 Å². The van der Waals surface area contributed by atoms with E-state index < -0.39 is 17.7 Å². The molecule has 18 heavy (non-hydrogen) atoms. The average molecular weight is 262 g/mol. The van der Waals surface area contributed by atoms with Crippen molar-refractivity contribution in [3.8, 4) is 5.75 Å². The monoisotopic (exact) mass is 262 g/mol. The first kappa shape index (κ1) is 14.3. The van der Waals surface area contributed by atoms with E-state index in [0.29, 0.717) is 18.4 Å². The molecule has 0 aliphatic rings. The summed E-state index contributed by atoms with van der Waals surface area (Å²) in [6.45, 7) is 0. The van der Waals surface area contributed by atoms with Crippen molar-refractivity contribution in [1.29, 1.82) is 0 Å². The van der Waals surface area contributed by atoms with Gasteiger partial charge in [0.1, 0.15) is 5.75 Å². The van der Waals surface area contributed by atoms with Gasteiger partial charge in [0, 0.05) is 6.42 Å². The van der Waals surface area contributed by atoms with Gasteiger partial charge >= 0.3 is 12.1 Å². The van der Waals surface area contributed by atoms with Crippen molar-refractivity contribution in [2.45, 2.75) is 25.4 Å². The molecule has 1 N–H and O–H groups in total. The Kier molecular flexibility index (Phi) is 4.58. The predicted octanol–water partition coefficient (Wildman–Crippen LogP) is 3.12. The van der Waals surface area contributed by atoms with Crippen LogP contribution in [0.1, 0.15) is 24.0 Å². The maximum atomic E-state index is 12.5. The molecular weight excluding hydrogens is 249 g/mol. The molecule has 0 saturated heterocycles. The summed E-state index contributed by atoms with van der Waals surface area (Å²) in [5, 5.41) is 8.49. The second-order valence-electron chi connectivity index (χ2n) is 3.77. The average Bonchev–Trinajstić information content (AvgIpc) is 2.27. The lowest BCUT2D eigenvalue weighted by atomic mass is 10.0. The van der Waals surface area contributed by atoms with Crippen LogP contribution in [0.5, 0.6) is 5.75 Å². The Balaban J connectivity index is 2.84. The van der Waals surface area contributed by atoms with Crippen LogP contribution >= 0.6 is 0 Å². The van der Waals surface area contributed by atoms with E-state index in [1.165, 1.54) is 13.2 Å². The number of halogens is 3. The molecule has 0 fully saturated rings. The van der Waals surface area contributed by atoms with Crippen molar-refractivity contribution < 1.29 is 27.8 Å². The quantitative estimate of drug-likeness (QED) is 0.886. The number of ether oxygens (including phenoxy) is 1. The van der Waals surface area contributed by atoms with Crippen molar-refractivity contribution in [3.05, 3.63) is 29.3 Å². The Bertz CT molecular complexity index is 427. The number of carboxylic acid groups (broad SMARTS) is 1. The highest BCUT2D eigenvalue weighted by Gasteiger charge is 2.31. The Morgan fingerprint density at radius 1 is 1.39 bits per heavy atom. The minimum absolute atomic E-state index is 0.0236. The molecule has 6 heteroatoms. The molecule has 0 aliphatic carbocycles. The summed E-state index contributed by atoms with van der Waals surface area (Å²) in [5.41, 5.74) is -0.201. The third kappa shape index (κ3) is 3.94. The fourth-order valence-electron chi connectivity index (χ4n) is 1.56. The summed E-state index contributed by atoms with van der Waals surface area (Å²) >= 11 is 0. The molecule has 0 heterocycles. The van der Waals surface area contributed by atoms with Crippen molar-refractivity contribution >= 4 is 5.97 Å². The lowest BCUT2D eigenvalue weighted by Gasteiger charge is -2.12. The van der Waals surface area contributed by atoms with Gasteiger partial charge in [0.25, 0.3) is 0 Å². The maximum Gasteiger partial charge on any atom is 0.416 e. The van der Waals surface area contributed by atoms with Gasteiger partial charge in [-0.3, -0.25) is 4.79 Å². The number of carbonyl (C=O) groups is 1. The van der Waals surface area contributed by atoms with E-state index in [1.54, 1.807) is 0 Å². The summed E-state index contributed by atoms with van der Waals surface area (Å²) in [6.07, 6.45) is -3.71. The highest BCUT2D eigenvalue weighted by molar-refractivity contribution is 5.66. The van der Waals surface area contributed by atoms with Crippen molar-refractivity contribution in [2.24, 2.45) is 0 Å². The van der Waals surface area contributed by atoms with Crippen LogP contribution < -0.4 is 4.74 Å². The molecule has 100 valence electrons. The minimum atomic E-state index is -4.41. The standard InChI is InChI=1S/C12H13F3O3/c1-18-10-7-9(12(13,14)15)6-5-8(10)3-2-4-11(16)17/h5-7H,2-4H2,1H3,(H,16,17). The molecule has 0 saturated carbocycles. The molecule has 1 rings (SSSR count). The van der Waals surface area contributed by atoms with Crippen molar-refractivity contribution in [1.82, 2.24) is 0 Å². The normalized spacial score (nSPS) is 11.3. The van der Waals surface area contributed by atoms with E-state index in [-0.39, 0.29) is 12.2 Å². The van der Waals surface area contributed by atoms with E-state index >= 15 is 0 Å². The fraction of sp³-hybridized carbons (Fsp3) is 0.417. The van der Waals surface area contributed by atoms with Gasteiger partial charge in [-0.05, 0) is 30.5 Å². The van der Waals surface area contributed by atoms with Gasteiger partial charge in [0.2, 0.25) is 0 Å². The molecule has 0 bridgehead atoms. The molecule has 0 unspecified atom stereocenters. The van der Waals surface area contributed by atoms with Crippen LogP contribution in [0.2, 0.25) is 0 Å². The summed E-state index contributed by atoms with van der Waals surface area (Å²) in [5.74, 6) is -0.795. The van der Waals surface area contributed by atoms with E-state index in [2.05, 4.69) is 0 Å². The number of hydrogen-bond acceptors (Lipinski definition) is 2. The van der Waals surface area contributed by atoms with E-state index in [9.17, 15) is 18.0 Å². The third-order valence-corrected chi connectivity index (χ3v) is 2.45. The van der Waals surface area contributed by atoms with Gasteiger partial charge in [-0.25, -0.2) is 0 Å². The zero-order valence-electron chi connectivity index (χ0n) is 9.75. The minimum Gasteiger partial charge on any atom is -0.496 e. The lowest BCUT2D eigenvalue weighted by Crippen LogP contribution is -2.06. The van der Waals surface area contributed by atoms with Gasteiger partial charge in [0.15, 0.2) is 0 Å². The first-order chi connectivity index (χ1) is 8.34. The van der Waals surface area contributed by atoms with Crippen LogP contribution in [-0.4, -0.2) is 18.2 Å². The third-order valence-electron chi connectivity index (χ3n) is 2.45. The molecule has 0 aliphatic heterocycles. The molecule has 1 aromatic carbocycles. The number of rotatable bonds is 5. The number of benzene rings is 1. The molecular formula is C12H13F3O3. The largest absolute Gasteiger partial charge is 0.496 e. The molecule has 0 aromatic heterocycles. The topological polar surface area (TPSA) is 46.5 Å². The van der Waals surface area contributed by atoms with Gasteiger partial charge in [-0.2, -0.15) is 13.2 Å². The van der Waals surface area contributed by atoms with E-state index in [4.69, 9.17) is 9.84 Å². The Morgan fingerprint density at radius 2 is 2.06 bits per heavy atom. The number of methoxy groups -OCH3 is 1. The lowest BCUT2D eigenvalue weighted by molar-refractivity contribution is -0.138. The Hall–Kier alpha value is -1.72. The molecule has 3 nitrogen and oxygen atoms in total. The van der Waals surface area contributed by atoms with Gasteiger partial charge < -0.3 is 9.84 Å². The van der Waals surface area contributed by atoms with Crippen molar-refractivity contribution in [3.63, 3.8) is 0 Å². The highest BCUT2D eigenvalue weighted by Crippen LogP contribution is 2.33. The fourth-order valence-corrected chi connectivity index (χ4v) is 1.56. The zero-order chi connectivity index (χ0) is 13.8. The molecule has 0 spiro atoms. The smallest absolute Gasteiger partial charge is 0.416 e. The van der Waals surface area contributed by atoms with Crippen LogP contribution in [0.4, 0.5) is 13.2 Å². The van der Waals surface area contributed by atoms with Crippen LogP contribution in [0.15, 0.2) is 18.2 Å². The number of carboxylic acids is 1. The summed E-state index contributed by atoms with van der Waals surface area (Å²) in [4.78, 5) is 10.3. The van der Waals surface area contributed by atoms with Crippen molar-refractivity contribution in [2.75, 3.05) is 7.11 Å². The first-order valence-corrected chi connectivity index (χ1v) is 5.30. The second-order valence-corrected chi connectivity index (χ2v) is 3.77. The maximum absolute atomic E-state index is 12.5. The molecule has 0 atom stereocenters. The van der Waals surface area contributed by atoms with E-state index in [0.717, 1.165) is 12.1 Å². The number of aliphatic carboxylic acids is 1. The van der Waals surface area contributed by atoms with Gasteiger partial charge in [-0.15, -0.1) is 0 Å². The first-order valence-electron chi connectivity index (χ1n) is 5.30. The van der Waals surface area contributed by atoms with Gasteiger partial charge in [-0.1, -0.05) is 6.07 Å². The predicted molar refractivity (Wildman–Crippen MR) is 58.6 cm³/mol. The summed E-state index contributed by atoms with van der Waals surface area (Å²) in [6, 6.07) is 3.22. The van der Waals surface area contributed by atoms with Crippen LogP contribution in [0.3, 0.4) is 0 Å². The van der Waals surface area contributed by atoms with Crippen LogP contribution in [0, 0.1) is 0 Å². The Morgan fingerprint density at radius 3 is 2.56 bits per heavy atom. The number of alkyl halides is 3. The summed E-state index contributed by atoms with van der Waals surface area (Å²) in [7, 11) is 1.29. The molecule has 0 radical (unpaired) electrons. The zero-order valence-corrected chi connectivity index (χ0v) is 9.75. The molecule has 1 aromatic rings. The highest BCUT2D eigenvalue weighted by atomic mass is 19.4. The SMILES string of the molecule is COc1cc(C(F)(F)F)ccc1CCCC(=O)O.